The topological polar surface area (TPSA) is 143 Å². The van der Waals surface area contributed by atoms with Gasteiger partial charge in [-0.05, 0) is 109 Å². The zero-order chi connectivity index (χ0) is 37.7. The van der Waals surface area contributed by atoms with Crippen LogP contribution in [0.1, 0.15) is 79.4 Å². The molecule has 3 rings (SSSR count). The fourth-order valence-corrected chi connectivity index (χ4v) is 6.69. The number of ether oxygens (including phenoxy) is 6. The number of amides is 2. The van der Waals surface area contributed by atoms with Gasteiger partial charge in [-0.1, -0.05) is 12.2 Å². The maximum atomic E-state index is 13.1. The van der Waals surface area contributed by atoms with E-state index in [1.807, 2.05) is 79.7 Å². The smallest absolute Gasteiger partial charge is 0.319 e. The summed E-state index contributed by atoms with van der Waals surface area (Å²) in [6.45, 7) is 21.0. The standard InChI is InChI=1S/C38H62N4O9/c1-35(2)25-31(26-36(3,4)41(35)44)29-22-30(32-27-37(5,6)42(45)38(7,8)28-32)24-33(23-29)40-34(43)39-10-11-47-14-15-49-18-19-51-21-20-50-17-16-48-13-12-46-9/h22-25,27H,10-21,26,28H2,1-9H3,(H2,39,40,43). The fourth-order valence-electron chi connectivity index (χ4n) is 6.69. The first-order chi connectivity index (χ1) is 24.0. The summed E-state index contributed by atoms with van der Waals surface area (Å²) in [6.07, 6.45) is 5.14. The Morgan fingerprint density at radius 3 is 1.35 bits per heavy atom. The Labute approximate surface area is 305 Å². The van der Waals surface area contributed by atoms with Gasteiger partial charge in [-0.15, -0.1) is 20.5 Å². The van der Waals surface area contributed by atoms with Gasteiger partial charge in [0.15, 0.2) is 0 Å². The molecule has 1 aromatic carbocycles. The van der Waals surface area contributed by atoms with Gasteiger partial charge in [0.2, 0.25) is 0 Å². The van der Waals surface area contributed by atoms with E-state index in [2.05, 4.69) is 16.7 Å². The molecule has 1 aromatic rings. The number of nitrogens with one attached hydrogen (secondary N) is 2. The molecular weight excluding hydrogens is 656 g/mol. The Hall–Kier alpha value is -2.43. The summed E-state index contributed by atoms with van der Waals surface area (Å²) in [5.74, 6) is 0. The Morgan fingerprint density at radius 2 is 0.980 bits per heavy atom. The number of hydrogen-bond donors (Lipinski definition) is 2. The van der Waals surface area contributed by atoms with Crippen LogP contribution in [0.4, 0.5) is 10.5 Å². The van der Waals surface area contributed by atoms with Crippen LogP contribution in [0.15, 0.2) is 30.4 Å². The molecule has 13 heteroatoms. The van der Waals surface area contributed by atoms with Crippen molar-refractivity contribution in [2.24, 2.45) is 0 Å². The second-order valence-electron chi connectivity index (χ2n) is 15.4. The summed E-state index contributed by atoms with van der Waals surface area (Å²) in [7, 11) is 1.64. The highest BCUT2D eigenvalue weighted by Crippen LogP contribution is 2.44. The number of carbonyl (C=O) groups excluding carboxylic acids is 1. The van der Waals surface area contributed by atoms with E-state index in [1.54, 1.807) is 7.11 Å². The van der Waals surface area contributed by atoms with Crippen LogP contribution in [0.5, 0.6) is 0 Å². The Balaban J connectivity index is 1.49. The summed E-state index contributed by atoms with van der Waals surface area (Å²) in [5, 5.41) is 34.3. The minimum atomic E-state index is -0.705. The molecule has 2 radical (unpaired) electrons. The van der Waals surface area contributed by atoms with Crippen LogP contribution in [0, 0.1) is 0 Å². The molecule has 2 N–H and O–H groups in total. The molecule has 0 saturated heterocycles. The molecule has 0 bridgehead atoms. The summed E-state index contributed by atoms with van der Waals surface area (Å²) in [5.41, 5.74) is 1.93. The van der Waals surface area contributed by atoms with Gasteiger partial charge in [-0.25, -0.2) is 4.79 Å². The van der Waals surface area contributed by atoms with Gasteiger partial charge in [0.25, 0.3) is 0 Å². The normalized spacial score (nSPS) is 19.7. The zero-order valence-corrected chi connectivity index (χ0v) is 32.4. The number of anilines is 1. The maximum absolute atomic E-state index is 13.1. The number of benzene rings is 1. The summed E-state index contributed by atoms with van der Waals surface area (Å²) in [6, 6.07) is 5.66. The lowest BCUT2D eigenvalue weighted by Crippen LogP contribution is -2.54. The Bertz CT molecular complexity index is 1240. The predicted molar refractivity (Wildman–Crippen MR) is 196 cm³/mol. The van der Waals surface area contributed by atoms with Crippen LogP contribution in [0.25, 0.3) is 11.1 Å². The molecule has 2 aliphatic heterocycles. The van der Waals surface area contributed by atoms with Crippen LogP contribution in [-0.2, 0) is 38.8 Å². The van der Waals surface area contributed by atoms with Gasteiger partial charge >= 0.3 is 6.03 Å². The monoisotopic (exact) mass is 718 g/mol. The fraction of sp³-hybridized carbons (Fsp3) is 0.711. The van der Waals surface area contributed by atoms with E-state index in [1.165, 1.54) is 0 Å². The molecule has 2 heterocycles. The number of rotatable bonds is 21. The first-order valence-electron chi connectivity index (χ1n) is 18.0. The van der Waals surface area contributed by atoms with E-state index >= 15 is 0 Å². The molecule has 0 aliphatic carbocycles. The third-order valence-electron chi connectivity index (χ3n) is 8.83. The van der Waals surface area contributed by atoms with Gasteiger partial charge in [-0.2, -0.15) is 0 Å². The van der Waals surface area contributed by atoms with E-state index in [4.69, 9.17) is 28.4 Å². The van der Waals surface area contributed by atoms with E-state index < -0.39 is 22.2 Å². The first-order valence-corrected chi connectivity index (χ1v) is 18.0. The van der Waals surface area contributed by atoms with Crippen molar-refractivity contribution < 1.29 is 43.6 Å². The number of hydrogen-bond acceptors (Lipinski definition) is 9. The van der Waals surface area contributed by atoms with Crippen LogP contribution < -0.4 is 10.6 Å². The minimum Gasteiger partial charge on any atom is -0.382 e. The molecule has 0 atom stereocenters. The van der Waals surface area contributed by atoms with Crippen molar-refractivity contribution in [3.63, 3.8) is 0 Å². The summed E-state index contributed by atoms with van der Waals surface area (Å²) < 4.78 is 32.3. The first kappa shape index (κ1) is 43.0. The highest BCUT2D eigenvalue weighted by molar-refractivity contribution is 5.91. The van der Waals surface area contributed by atoms with Crippen LogP contribution in [0.3, 0.4) is 0 Å². The third-order valence-corrected chi connectivity index (χ3v) is 8.83. The molecule has 13 nitrogen and oxygen atoms in total. The highest BCUT2D eigenvalue weighted by atomic mass is 16.6. The Morgan fingerprint density at radius 1 is 0.608 bits per heavy atom. The summed E-state index contributed by atoms with van der Waals surface area (Å²) in [4.78, 5) is 13.0. The van der Waals surface area contributed by atoms with Crippen LogP contribution >= 0.6 is 0 Å². The van der Waals surface area contributed by atoms with Crippen molar-refractivity contribution in [2.75, 3.05) is 91.6 Å². The Kier molecular flexibility index (Phi) is 16.5. The molecule has 51 heavy (non-hydrogen) atoms. The largest absolute Gasteiger partial charge is 0.382 e. The van der Waals surface area contributed by atoms with Gasteiger partial charge in [0.05, 0.1) is 83.8 Å². The minimum absolute atomic E-state index is 0.318. The van der Waals surface area contributed by atoms with Gasteiger partial charge in [-0.3, -0.25) is 0 Å². The van der Waals surface area contributed by atoms with E-state index in [9.17, 15) is 15.2 Å². The van der Waals surface area contributed by atoms with E-state index in [-0.39, 0.29) is 6.03 Å². The molecular formula is C38H62N4O9. The molecule has 0 aromatic heterocycles. The lowest BCUT2D eigenvalue weighted by Gasteiger charge is -2.46. The average Bonchev–Trinajstić information content (AvgIpc) is 3.04. The molecule has 0 spiro atoms. The molecule has 0 saturated carbocycles. The van der Waals surface area contributed by atoms with Crippen molar-refractivity contribution in [3.05, 3.63) is 41.5 Å². The molecule has 0 unspecified atom stereocenters. The van der Waals surface area contributed by atoms with Gasteiger partial charge in [0, 0.05) is 30.4 Å². The zero-order valence-electron chi connectivity index (χ0n) is 32.4. The van der Waals surface area contributed by atoms with E-state index in [0.717, 1.165) is 32.4 Å². The number of hydroxylamine groups is 4. The second-order valence-corrected chi connectivity index (χ2v) is 15.4. The maximum Gasteiger partial charge on any atom is 0.319 e. The average molecular weight is 719 g/mol. The van der Waals surface area contributed by atoms with E-state index in [0.29, 0.717) is 97.7 Å². The van der Waals surface area contributed by atoms with Crippen molar-refractivity contribution >= 4 is 22.9 Å². The van der Waals surface area contributed by atoms with Gasteiger partial charge < -0.3 is 39.1 Å². The van der Waals surface area contributed by atoms with Crippen molar-refractivity contribution in [1.82, 2.24) is 15.4 Å². The second kappa shape index (κ2) is 19.6. The van der Waals surface area contributed by atoms with Crippen LogP contribution in [-0.4, -0.2) is 125 Å². The summed E-state index contributed by atoms with van der Waals surface area (Å²) >= 11 is 0. The molecule has 288 valence electrons. The molecule has 2 aliphatic rings. The number of nitrogens with zero attached hydrogens (tertiary/aromatic N) is 2. The third kappa shape index (κ3) is 13.5. The predicted octanol–water partition coefficient (Wildman–Crippen LogP) is 5.52. The van der Waals surface area contributed by atoms with Gasteiger partial charge in [0.1, 0.15) is 0 Å². The number of methoxy groups -OCH3 is 1. The highest BCUT2D eigenvalue weighted by Gasteiger charge is 2.43. The van der Waals surface area contributed by atoms with Crippen molar-refractivity contribution in [3.8, 4) is 0 Å². The van der Waals surface area contributed by atoms with Crippen molar-refractivity contribution in [1.29, 1.82) is 0 Å². The molecule has 2 amide bonds. The molecule has 0 fully saturated rings. The quantitative estimate of drug-likeness (QED) is 0.157. The lowest BCUT2D eigenvalue weighted by molar-refractivity contribution is -0.260. The van der Waals surface area contributed by atoms with Crippen LogP contribution in [0.2, 0.25) is 0 Å². The number of urea groups is 1. The number of carbonyl (C=O) groups is 1. The van der Waals surface area contributed by atoms with Crippen molar-refractivity contribution in [2.45, 2.75) is 90.4 Å². The SMILES string of the molecule is COCCOCCOCCOCCOCCOCCNC(=O)Nc1cc(C2=CC(C)(C)N([O])C(C)(C)C2)cc(C2=CC(C)(C)N([O])C(C)(C)C2)c1. The lowest BCUT2D eigenvalue weighted by atomic mass is 9.78.